The van der Waals surface area contributed by atoms with E-state index in [2.05, 4.69) is 29.6 Å². The Morgan fingerprint density at radius 2 is 1.61 bits per heavy atom. The molecule has 4 heteroatoms. The molecule has 28 heavy (non-hydrogen) atoms. The summed E-state index contributed by atoms with van der Waals surface area (Å²) in [7, 11) is 0. The quantitative estimate of drug-likeness (QED) is 0.374. The number of unbranched alkanes of at least 4 members (excludes halogenated alkanes) is 3. The molecule has 0 aromatic heterocycles. The topological polar surface area (TPSA) is 58.6 Å². The van der Waals surface area contributed by atoms with Gasteiger partial charge in [0.15, 0.2) is 0 Å². The van der Waals surface area contributed by atoms with Gasteiger partial charge in [-0.3, -0.25) is 4.79 Å². The predicted octanol–water partition coefficient (Wildman–Crippen LogP) is 4.44. The zero-order valence-electron chi connectivity index (χ0n) is 16.7. The molecule has 152 valence electrons. The lowest BCUT2D eigenvalue weighted by Gasteiger charge is -2.12. The molecule has 2 aromatic carbocycles. The van der Waals surface area contributed by atoms with Crippen LogP contribution in [0, 0.1) is 0 Å². The van der Waals surface area contributed by atoms with Crippen LogP contribution in [0.4, 0.5) is 0 Å². The van der Waals surface area contributed by atoms with Crippen LogP contribution in [0.3, 0.4) is 0 Å². The van der Waals surface area contributed by atoms with Crippen molar-refractivity contribution in [3.05, 3.63) is 71.8 Å². The average Bonchev–Trinajstić information content (AvgIpc) is 2.74. The first-order valence-electron chi connectivity index (χ1n) is 10.4. The van der Waals surface area contributed by atoms with Crippen LogP contribution in [0.2, 0.25) is 0 Å². The third kappa shape index (κ3) is 9.67. The van der Waals surface area contributed by atoms with Gasteiger partial charge < -0.3 is 15.2 Å². The fraction of sp³-hybridized carbons (Fsp3) is 0.458. The molecular weight excluding hydrogens is 350 g/mol. The second kappa shape index (κ2) is 13.9. The number of aliphatic hydroxyl groups is 1. The number of aryl methyl sites for hydroxylation is 1. The molecule has 1 atom stereocenters. The number of hydrogen-bond acceptors (Lipinski definition) is 4. The van der Waals surface area contributed by atoms with Gasteiger partial charge in [0, 0.05) is 13.0 Å². The molecule has 0 spiro atoms. The first-order valence-corrected chi connectivity index (χ1v) is 10.4. The Balaban J connectivity index is 1.38. The normalized spacial score (nSPS) is 11.9. The molecule has 0 saturated heterocycles. The van der Waals surface area contributed by atoms with Gasteiger partial charge in [0.05, 0.1) is 12.7 Å². The summed E-state index contributed by atoms with van der Waals surface area (Å²) in [6, 6.07) is 20.1. The fourth-order valence-corrected chi connectivity index (χ4v) is 3.06. The molecule has 4 nitrogen and oxygen atoms in total. The van der Waals surface area contributed by atoms with Crippen LogP contribution in [-0.4, -0.2) is 30.8 Å². The van der Waals surface area contributed by atoms with Gasteiger partial charge in [-0.05, 0) is 49.8 Å². The maximum absolute atomic E-state index is 11.7. The van der Waals surface area contributed by atoms with E-state index in [0.29, 0.717) is 19.6 Å². The number of ether oxygens (including phenoxy) is 1. The van der Waals surface area contributed by atoms with Crippen molar-refractivity contribution in [3.8, 4) is 0 Å². The lowest BCUT2D eigenvalue weighted by molar-refractivity contribution is -0.143. The van der Waals surface area contributed by atoms with Gasteiger partial charge in [-0.15, -0.1) is 0 Å². The van der Waals surface area contributed by atoms with E-state index >= 15 is 0 Å². The SMILES string of the molecule is O=C(CCCCCNCC(O)c1ccccc1)OCCCCc1ccccc1. The van der Waals surface area contributed by atoms with E-state index < -0.39 is 6.10 Å². The summed E-state index contributed by atoms with van der Waals surface area (Å²) in [4.78, 5) is 11.7. The van der Waals surface area contributed by atoms with E-state index in [1.165, 1.54) is 5.56 Å². The van der Waals surface area contributed by atoms with E-state index in [0.717, 1.165) is 50.6 Å². The highest BCUT2D eigenvalue weighted by Crippen LogP contribution is 2.10. The van der Waals surface area contributed by atoms with Crippen molar-refractivity contribution in [2.24, 2.45) is 0 Å². The second-order valence-corrected chi connectivity index (χ2v) is 7.10. The molecule has 2 rings (SSSR count). The maximum Gasteiger partial charge on any atom is 0.305 e. The molecule has 2 N–H and O–H groups in total. The Morgan fingerprint density at radius 3 is 2.36 bits per heavy atom. The summed E-state index contributed by atoms with van der Waals surface area (Å²) in [5, 5.41) is 13.3. The van der Waals surface area contributed by atoms with Crippen molar-refractivity contribution in [2.45, 2.75) is 51.0 Å². The Bertz CT molecular complexity index is 645. The van der Waals surface area contributed by atoms with Crippen molar-refractivity contribution in [1.29, 1.82) is 0 Å². The van der Waals surface area contributed by atoms with E-state index in [1.54, 1.807) is 0 Å². The fourth-order valence-electron chi connectivity index (χ4n) is 3.06. The van der Waals surface area contributed by atoms with E-state index in [4.69, 9.17) is 4.74 Å². The molecule has 0 saturated carbocycles. The Hall–Kier alpha value is -2.17. The number of aliphatic hydroxyl groups excluding tert-OH is 1. The first kappa shape index (κ1) is 22.1. The molecule has 0 bridgehead atoms. The standard InChI is InChI=1S/C24H33NO3/c26-23(22-15-6-2-7-16-22)20-25-18-10-3-8-17-24(27)28-19-11-9-14-21-12-4-1-5-13-21/h1-2,4-7,12-13,15-16,23,25-26H,3,8-11,14,17-20H2. The van der Waals surface area contributed by atoms with Gasteiger partial charge >= 0.3 is 5.97 Å². The summed E-state index contributed by atoms with van der Waals surface area (Å²) in [5.41, 5.74) is 2.26. The number of benzene rings is 2. The second-order valence-electron chi connectivity index (χ2n) is 7.10. The van der Waals surface area contributed by atoms with Crippen molar-refractivity contribution >= 4 is 5.97 Å². The molecule has 0 amide bonds. The molecule has 2 aromatic rings. The van der Waals surface area contributed by atoms with E-state index in [-0.39, 0.29) is 5.97 Å². The van der Waals surface area contributed by atoms with Gasteiger partial charge in [0.1, 0.15) is 0 Å². The third-order valence-corrected chi connectivity index (χ3v) is 4.72. The number of rotatable bonds is 14. The molecule has 0 aliphatic heterocycles. The molecule has 0 fully saturated rings. The predicted molar refractivity (Wildman–Crippen MR) is 113 cm³/mol. The monoisotopic (exact) mass is 383 g/mol. The minimum Gasteiger partial charge on any atom is -0.466 e. The third-order valence-electron chi connectivity index (χ3n) is 4.72. The van der Waals surface area contributed by atoms with Crippen LogP contribution in [-0.2, 0) is 16.0 Å². The molecule has 0 radical (unpaired) electrons. The highest BCUT2D eigenvalue weighted by Gasteiger charge is 2.06. The number of carbonyl (C=O) groups is 1. The minimum atomic E-state index is -0.474. The van der Waals surface area contributed by atoms with Crippen LogP contribution in [0.1, 0.15) is 55.8 Å². The summed E-state index contributed by atoms with van der Waals surface area (Å²) < 4.78 is 5.30. The first-order chi connectivity index (χ1) is 13.8. The van der Waals surface area contributed by atoms with Gasteiger partial charge in [0.25, 0.3) is 0 Å². The van der Waals surface area contributed by atoms with Crippen LogP contribution >= 0.6 is 0 Å². The molecule has 1 unspecified atom stereocenters. The smallest absolute Gasteiger partial charge is 0.305 e. The Labute approximate surface area is 168 Å². The van der Waals surface area contributed by atoms with Gasteiger partial charge in [-0.2, -0.15) is 0 Å². The Morgan fingerprint density at radius 1 is 0.893 bits per heavy atom. The summed E-state index contributed by atoms with van der Waals surface area (Å²) in [6.07, 6.45) is 5.83. The molecule has 0 aliphatic carbocycles. The van der Waals surface area contributed by atoms with Crippen LogP contribution in [0.5, 0.6) is 0 Å². The molecule has 0 aliphatic rings. The van der Waals surface area contributed by atoms with Crippen LogP contribution in [0.25, 0.3) is 0 Å². The van der Waals surface area contributed by atoms with Crippen LogP contribution in [0.15, 0.2) is 60.7 Å². The highest BCUT2D eigenvalue weighted by molar-refractivity contribution is 5.69. The highest BCUT2D eigenvalue weighted by atomic mass is 16.5. The van der Waals surface area contributed by atoms with Crippen molar-refractivity contribution in [2.75, 3.05) is 19.7 Å². The van der Waals surface area contributed by atoms with Crippen LogP contribution < -0.4 is 5.32 Å². The lowest BCUT2D eigenvalue weighted by atomic mass is 10.1. The molecular formula is C24H33NO3. The number of nitrogens with one attached hydrogen (secondary N) is 1. The number of esters is 1. The van der Waals surface area contributed by atoms with Crippen molar-refractivity contribution in [1.82, 2.24) is 5.32 Å². The number of carbonyl (C=O) groups excluding carboxylic acids is 1. The van der Waals surface area contributed by atoms with E-state index in [9.17, 15) is 9.90 Å². The summed E-state index contributed by atoms with van der Waals surface area (Å²) in [5.74, 6) is -0.0906. The maximum atomic E-state index is 11.7. The van der Waals surface area contributed by atoms with Crippen molar-refractivity contribution in [3.63, 3.8) is 0 Å². The zero-order chi connectivity index (χ0) is 19.9. The van der Waals surface area contributed by atoms with E-state index in [1.807, 2.05) is 36.4 Å². The van der Waals surface area contributed by atoms with Gasteiger partial charge in [-0.1, -0.05) is 67.1 Å². The summed E-state index contributed by atoms with van der Waals surface area (Å²) >= 11 is 0. The van der Waals surface area contributed by atoms with Crippen molar-refractivity contribution < 1.29 is 14.6 Å². The number of hydrogen-bond donors (Lipinski definition) is 2. The molecule has 0 heterocycles. The van der Waals surface area contributed by atoms with Gasteiger partial charge in [-0.25, -0.2) is 0 Å². The average molecular weight is 384 g/mol. The zero-order valence-corrected chi connectivity index (χ0v) is 16.7. The minimum absolute atomic E-state index is 0.0906. The van der Waals surface area contributed by atoms with Gasteiger partial charge in [0.2, 0.25) is 0 Å². The Kier molecular flexibility index (Phi) is 11.0. The lowest BCUT2D eigenvalue weighted by Crippen LogP contribution is -2.22. The largest absolute Gasteiger partial charge is 0.466 e. The summed E-state index contributed by atoms with van der Waals surface area (Å²) in [6.45, 7) is 1.91.